The lowest BCUT2D eigenvalue weighted by atomic mass is 9.90. The van der Waals surface area contributed by atoms with Gasteiger partial charge in [-0.2, -0.15) is 10.2 Å². The van der Waals surface area contributed by atoms with Crippen LogP contribution in [0, 0.1) is 6.92 Å². The van der Waals surface area contributed by atoms with E-state index >= 15 is 0 Å². The number of nitrogens with zero attached hydrogens (tertiary/aromatic N) is 4. The molecule has 4 rings (SSSR count). The summed E-state index contributed by atoms with van der Waals surface area (Å²) in [5.41, 5.74) is 4.38. The average Bonchev–Trinajstić information content (AvgIpc) is 3.37. The van der Waals surface area contributed by atoms with Gasteiger partial charge in [0.25, 0.3) is 5.91 Å². The third-order valence-electron chi connectivity index (χ3n) is 5.19. The first-order chi connectivity index (χ1) is 14.8. The molecule has 0 radical (unpaired) electrons. The van der Waals surface area contributed by atoms with Gasteiger partial charge in [0.1, 0.15) is 5.82 Å². The second-order valence-corrected chi connectivity index (χ2v) is 8.67. The highest BCUT2D eigenvalue weighted by Gasteiger charge is 2.26. The van der Waals surface area contributed by atoms with Gasteiger partial charge in [0.2, 0.25) is 0 Å². The van der Waals surface area contributed by atoms with Gasteiger partial charge in [-0.1, -0.05) is 51.1 Å². The van der Waals surface area contributed by atoms with Crippen molar-refractivity contribution in [3.05, 3.63) is 95.4 Å². The van der Waals surface area contributed by atoms with Crippen molar-refractivity contribution in [1.29, 1.82) is 0 Å². The van der Waals surface area contributed by atoms with E-state index in [1.165, 1.54) is 0 Å². The molecule has 0 aliphatic carbocycles. The van der Waals surface area contributed by atoms with Crippen molar-refractivity contribution in [1.82, 2.24) is 19.6 Å². The van der Waals surface area contributed by atoms with Crippen LogP contribution in [0.2, 0.25) is 0 Å². The molecule has 6 heteroatoms. The quantitative estimate of drug-likeness (QED) is 0.502. The van der Waals surface area contributed by atoms with Crippen molar-refractivity contribution in [3.63, 3.8) is 0 Å². The van der Waals surface area contributed by atoms with Crippen molar-refractivity contribution in [3.8, 4) is 5.69 Å². The Hall–Kier alpha value is -3.67. The van der Waals surface area contributed by atoms with Crippen LogP contribution in [0.15, 0.2) is 73.1 Å². The summed E-state index contributed by atoms with van der Waals surface area (Å²) >= 11 is 0. The highest BCUT2D eigenvalue weighted by molar-refractivity contribution is 6.04. The first kappa shape index (κ1) is 20.6. The fourth-order valence-electron chi connectivity index (χ4n) is 3.63. The van der Waals surface area contributed by atoms with E-state index in [1.807, 2.05) is 83.1 Å². The molecule has 0 saturated carbocycles. The topological polar surface area (TPSA) is 64.7 Å². The molecule has 0 saturated heterocycles. The molecular weight excluding hydrogens is 386 g/mol. The SMILES string of the molecule is Cc1c(C(C)(C)C)nn(-c2ccccc2)c1NC(=O)c1ccc(Cn2cccn2)cc1. The van der Waals surface area contributed by atoms with Gasteiger partial charge in [-0.3, -0.25) is 9.48 Å². The first-order valence-electron chi connectivity index (χ1n) is 10.4. The maximum absolute atomic E-state index is 13.1. The standard InChI is InChI=1S/C25H27N5O/c1-18-22(25(2,3)4)28-30(21-9-6-5-7-10-21)23(18)27-24(31)20-13-11-19(12-14-20)17-29-16-8-15-26-29/h5-16H,17H2,1-4H3,(H,27,31). The summed E-state index contributed by atoms with van der Waals surface area (Å²) in [5.74, 6) is 0.535. The number of amides is 1. The second-order valence-electron chi connectivity index (χ2n) is 8.67. The van der Waals surface area contributed by atoms with Gasteiger partial charge in [0.15, 0.2) is 0 Å². The molecule has 2 aromatic carbocycles. The minimum absolute atomic E-state index is 0.141. The lowest BCUT2D eigenvalue weighted by Gasteiger charge is -2.16. The van der Waals surface area contributed by atoms with Crippen LogP contribution >= 0.6 is 0 Å². The van der Waals surface area contributed by atoms with Crippen LogP contribution in [-0.2, 0) is 12.0 Å². The van der Waals surface area contributed by atoms with Crippen LogP contribution in [0.5, 0.6) is 0 Å². The van der Waals surface area contributed by atoms with Gasteiger partial charge in [-0.15, -0.1) is 0 Å². The Morgan fingerprint density at radius 3 is 2.32 bits per heavy atom. The summed E-state index contributed by atoms with van der Waals surface area (Å²) in [6.07, 6.45) is 3.67. The Kier molecular flexibility index (Phi) is 5.46. The van der Waals surface area contributed by atoms with Crippen LogP contribution in [-0.4, -0.2) is 25.5 Å². The summed E-state index contributed by atoms with van der Waals surface area (Å²) < 4.78 is 3.67. The van der Waals surface area contributed by atoms with Gasteiger partial charge in [0, 0.05) is 28.9 Å². The van der Waals surface area contributed by atoms with Gasteiger partial charge in [-0.05, 0) is 42.8 Å². The Morgan fingerprint density at radius 1 is 1.00 bits per heavy atom. The smallest absolute Gasteiger partial charge is 0.256 e. The Morgan fingerprint density at radius 2 is 1.71 bits per heavy atom. The number of hydrogen-bond donors (Lipinski definition) is 1. The summed E-state index contributed by atoms with van der Waals surface area (Å²) in [6, 6.07) is 19.4. The number of rotatable bonds is 5. The van der Waals surface area contributed by atoms with E-state index in [1.54, 1.807) is 6.20 Å². The number of carbonyl (C=O) groups is 1. The van der Waals surface area contributed by atoms with Crippen LogP contribution in [0.1, 0.15) is 48.0 Å². The highest BCUT2D eigenvalue weighted by atomic mass is 16.1. The van der Waals surface area contributed by atoms with Crippen molar-refractivity contribution < 1.29 is 4.79 Å². The minimum atomic E-state index is -0.161. The number of para-hydroxylation sites is 1. The molecule has 0 bridgehead atoms. The molecule has 0 aliphatic rings. The molecule has 0 spiro atoms. The predicted molar refractivity (Wildman–Crippen MR) is 123 cm³/mol. The van der Waals surface area contributed by atoms with E-state index in [4.69, 9.17) is 5.10 Å². The zero-order valence-electron chi connectivity index (χ0n) is 18.3. The highest BCUT2D eigenvalue weighted by Crippen LogP contribution is 2.31. The molecule has 0 atom stereocenters. The maximum Gasteiger partial charge on any atom is 0.256 e. The Bertz CT molecular complexity index is 1170. The number of aromatic nitrogens is 4. The molecule has 4 aromatic rings. The monoisotopic (exact) mass is 413 g/mol. The second kappa shape index (κ2) is 8.22. The number of carbonyl (C=O) groups excluding carboxylic acids is 1. The average molecular weight is 414 g/mol. The molecule has 0 unspecified atom stereocenters. The molecule has 31 heavy (non-hydrogen) atoms. The van der Waals surface area contributed by atoms with Crippen LogP contribution in [0.4, 0.5) is 5.82 Å². The van der Waals surface area contributed by atoms with Gasteiger partial charge >= 0.3 is 0 Å². The third kappa shape index (κ3) is 4.43. The summed E-state index contributed by atoms with van der Waals surface area (Å²) in [6.45, 7) is 9.06. The minimum Gasteiger partial charge on any atom is -0.306 e. The molecule has 158 valence electrons. The van der Waals surface area contributed by atoms with Crippen LogP contribution in [0.25, 0.3) is 5.69 Å². The van der Waals surface area contributed by atoms with Gasteiger partial charge in [0.05, 0.1) is 17.9 Å². The molecule has 1 amide bonds. The molecule has 0 aliphatic heterocycles. The number of benzene rings is 2. The van der Waals surface area contributed by atoms with Gasteiger partial charge in [-0.25, -0.2) is 4.68 Å². The molecule has 6 nitrogen and oxygen atoms in total. The molecule has 2 heterocycles. The fourth-order valence-corrected chi connectivity index (χ4v) is 3.63. The Labute approximate surface area is 182 Å². The number of anilines is 1. The normalized spacial score (nSPS) is 11.5. The number of hydrogen-bond acceptors (Lipinski definition) is 3. The zero-order chi connectivity index (χ0) is 22.0. The molecule has 2 aromatic heterocycles. The zero-order valence-corrected chi connectivity index (χ0v) is 18.3. The fraction of sp³-hybridized carbons (Fsp3) is 0.240. The van der Waals surface area contributed by atoms with E-state index in [9.17, 15) is 4.79 Å². The third-order valence-corrected chi connectivity index (χ3v) is 5.19. The van der Waals surface area contributed by atoms with E-state index in [2.05, 4.69) is 31.2 Å². The maximum atomic E-state index is 13.1. The van der Waals surface area contributed by atoms with Crippen LogP contribution in [0.3, 0.4) is 0 Å². The summed E-state index contributed by atoms with van der Waals surface area (Å²) in [4.78, 5) is 13.1. The van der Waals surface area contributed by atoms with Crippen molar-refractivity contribution in [2.45, 2.75) is 39.7 Å². The van der Waals surface area contributed by atoms with Crippen molar-refractivity contribution >= 4 is 11.7 Å². The summed E-state index contributed by atoms with van der Waals surface area (Å²) in [5, 5.41) is 12.2. The molecular formula is C25H27N5O. The van der Waals surface area contributed by atoms with Crippen LogP contribution < -0.4 is 5.32 Å². The van der Waals surface area contributed by atoms with E-state index in [0.29, 0.717) is 17.9 Å². The summed E-state index contributed by atoms with van der Waals surface area (Å²) in [7, 11) is 0. The first-order valence-corrected chi connectivity index (χ1v) is 10.4. The van der Waals surface area contributed by atoms with E-state index in [-0.39, 0.29) is 11.3 Å². The van der Waals surface area contributed by atoms with E-state index in [0.717, 1.165) is 22.5 Å². The molecule has 1 N–H and O–H groups in total. The lowest BCUT2D eigenvalue weighted by molar-refractivity contribution is 0.102. The number of nitrogens with one attached hydrogen (secondary N) is 1. The predicted octanol–water partition coefficient (Wildman–Crippen LogP) is 4.98. The van der Waals surface area contributed by atoms with Crippen molar-refractivity contribution in [2.24, 2.45) is 0 Å². The van der Waals surface area contributed by atoms with Gasteiger partial charge < -0.3 is 5.32 Å². The lowest BCUT2D eigenvalue weighted by Crippen LogP contribution is -2.16. The molecule has 0 fully saturated rings. The van der Waals surface area contributed by atoms with E-state index < -0.39 is 0 Å². The Balaban J connectivity index is 1.62. The van der Waals surface area contributed by atoms with Crippen molar-refractivity contribution in [2.75, 3.05) is 5.32 Å². The largest absolute Gasteiger partial charge is 0.306 e.